The summed E-state index contributed by atoms with van der Waals surface area (Å²) in [5, 5.41) is 3.29. The molecule has 19 heavy (non-hydrogen) atoms. The van der Waals surface area contributed by atoms with Crippen LogP contribution in [0.2, 0.25) is 0 Å². The van der Waals surface area contributed by atoms with Gasteiger partial charge >= 0.3 is 0 Å². The first-order chi connectivity index (χ1) is 9.31. The molecule has 0 saturated heterocycles. The molecule has 1 N–H and O–H groups in total. The van der Waals surface area contributed by atoms with Gasteiger partial charge in [0.05, 0.1) is 12.3 Å². The summed E-state index contributed by atoms with van der Waals surface area (Å²) in [7, 11) is 0. The van der Waals surface area contributed by atoms with Crippen molar-refractivity contribution in [3.05, 3.63) is 59.0 Å². The van der Waals surface area contributed by atoms with Gasteiger partial charge in [0.2, 0.25) is 0 Å². The van der Waals surface area contributed by atoms with Crippen LogP contribution in [0.5, 0.6) is 5.75 Å². The van der Waals surface area contributed by atoms with E-state index in [4.69, 9.17) is 4.74 Å². The van der Waals surface area contributed by atoms with Gasteiger partial charge in [-0.3, -0.25) is 4.79 Å². The van der Waals surface area contributed by atoms with E-state index in [-0.39, 0.29) is 5.56 Å². The van der Waals surface area contributed by atoms with Crippen molar-refractivity contribution in [2.45, 2.75) is 13.5 Å². The average Bonchev–Trinajstić information content (AvgIpc) is 2.43. The monoisotopic (exact) mass is 258 g/mol. The van der Waals surface area contributed by atoms with Crippen molar-refractivity contribution in [3.63, 3.8) is 0 Å². The van der Waals surface area contributed by atoms with Crippen LogP contribution in [-0.2, 0) is 6.54 Å². The van der Waals surface area contributed by atoms with E-state index in [1.807, 2.05) is 37.3 Å². The van der Waals surface area contributed by atoms with E-state index in [9.17, 15) is 4.79 Å². The van der Waals surface area contributed by atoms with Gasteiger partial charge in [0.1, 0.15) is 5.75 Å². The number of ether oxygens (including phenoxy) is 1. The number of para-hydroxylation sites is 2. The number of hydrogen-bond acceptors (Lipinski definition) is 3. The first-order valence-electron chi connectivity index (χ1n) is 6.42. The molecule has 0 amide bonds. The molecule has 2 aromatic rings. The molecule has 0 saturated carbocycles. The van der Waals surface area contributed by atoms with E-state index in [2.05, 4.69) is 5.32 Å². The van der Waals surface area contributed by atoms with Crippen molar-refractivity contribution >= 4 is 5.69 Å². The molecule has 4 nitrogen and oxygen atoms in total. The second-order valence-corrected chi connectivity index (χ2v) is 4.09. The fourth-order valence-corrected chi connectivity index (χ4v) is 1.85. The third kappa shape index (κ3) is 3.61. The number of benzene rings is 1. The summed E-state index contributed by atoms with van der Waals surface area (Å²) in [5.74, 6) is 0.838. The smallest absolute Gasteiger partial charge is 0.250 e. The van der Waals surface area contributed by atoms with Gasteiger partial charge in [-0.1, -0.05) is 18.2 Å². The first kappa shape index (κ1) is 13.2. The largest absolute Gasteiger partial charge is 0.492 e. The highest BCUT2D eigenvalue weighted by Gasteiger charge is 2.01. The van der Waals surface area contributed by atoms with E-state index >= 15 is 0 Å². The van der Waals surface area contributed by atoms with Gasteiger partial charge in [0.25, 0.3) is 5.56 Å². The number of nitrogens with zero attached hydrogens (tertiary/aromatic N) is 1. The molecular formula is C15H18N2O2. The summed E-state index contributed by atoms with van der Waals surface area (Å²) in [6.45, 7) is 3.89. The standard InChI is InChI=1S/C15H18N2O2/c1-2-19-14-8-4-3-7-13(14)16-10-12-17-11-6-5-9-15(17)18/h3-9,11,16H,2,10,12H2,1H3. The van der Waals surface area contributed by atoms with E-state index < -0.39 is 0 Å². The minimum Gasteiger partial charge on any atom is -0.492 e. The normalized spacial score (nSPS) is 10.2. The van der Waals surface area contributed by atoms with Gasteiger partial charge in [0.15, 0.2) is 0 Å². The lowest BCUT2D eigenvalue weighted by Gasteiger charge is -2.12. The number of nitrogens with one attached hydrogen (secondary N) is 1. The number of anilines is 1. The second kappa shape index (κ2) is 6.64. The Hall–Kier alpha value is -2.23. The highest BCUT2D eigenvalue weighted by Crippen LogP contribution is 2.23. The van der Waals surface area contributed by atoms with Crippen LogP contribution < -0.4 is 15.6 Å². The molecule has 100 valence electrons. The molecule has 2 rings (SSSR count). The summed E-state index contributed by atoms with van der Waals surface area (Å²) >= 11 is 0. The zero-order valence-electron chi connectivity index (χ0n) is 11.0. The lowest BCUT2D eigenvalue weighted by atomic mass is 10.3. The van der Waals surface area contributed by atoms with Gasteiger partial charge in [-0.25, -0.2) is 0 Å². The topological polar surface area (TPSA) is 43.3 Å². The third-order valence-corrected chi connectivity index (χ3v) is 2.75. The maximum Gasteiger partial charge on any atom is 0.250 e. The summed E-state index contributed by atoms with van der Waals surface area (Å²) in [6, 6.07) is 13.0. The molecule has 0 bridgehead atoms. The Morgan fingerprint density at radius 1 is 1.16 bits per heavy atom. The van der Waals surface area contributed by atoms with Crippen LogP contribution in [0, 0.1) is 0 Å². The molecule has 0 aliphatic heterocycles. The molecule has 1 heterocycles. The van der Waals surface area contributed by atoms with Crippen LogP contribution in [0.15, 0.2) is 53.5 Å². The lowest BCUT2D eigenvalue weighted by molar-refractivity contribution is 0.341. The molecule has 0 unspecified atom stereocenters. The summed E-state index contributed by atoms with van der Waals surface area (Å²) in [5.41, 5.74) is 0.968. The van der Waals surface area contributed by atoms with Crippen molar-refractivity contribution in [2.75, 3.05) is 18.5 Å². The Bertz CT molecular complexity index is 578. The van der Waals surface area contributed by atoms with E-state index in [0.29, 0.717) is 19.7 Å². The van der Waals surface area contributed by atoms with E-state index in [0.717, 1.165) is 11.4 Å². The van der Waals surface area contributed by atoms with Crippen LogP contribution in [-0.4, -0.2) is 17.7 Å². The van der Waals surface area contributed by atoms with Crippen LogP contribution in [0.25, 0.3) is 0 Å². The predicted octanol–water partition coefficient (Wildman–Crippen LogP) is 2.36. The third-order valence-electron chi connectivity index (χ3n) is 2.75. The Labute approximate surface area is 112 Å². The lowest BCUT2D eigenvalue weighted by Crippen LogP contribution is -2.22. The highest BCUT2D eigenvalue weighted by molar-refractivity contribution is 5.56. The van der Waals surface area contributed by atoms with Gasteiger partial charge in [-0.2, -0.15) is 0 Å². The molecule has 0 radical (unpaired) electrons. The van der Waals surface area contributed by atoms with Crippen LogP contribution in [0.4, 0.5) is 5.69 Å². The fourth-order valence-electron chi connectivity index (χ4n) is 1.85. The average molecular weight is 258 g/mol. The van der Waals surface area contributed by atoms with Crippen LogP contribution in [0.3, 0.4) is 0 Å². The van der Waals surface area contributed by atoms with Gasteiger partial charge < -0.3 is 14.6 Å². The Morgan fingerprint density at radius 2 is 1.95 bits per heavy atom. The van der Waals surface area contributed by atoms with Gasteiger partial charge in [0, 0.05) is 25.4 Å². The van der Waals surface area contributed by atoms with E-state index in [1.54, 1.807) is 22.9 Å². The van der Waals surface area contributed by atoms with Crippen molar-refractivity contribution in [1.29, 1.82) is 0 Å². The zero-order chi connectivity index (χ0) is 13.5. The summed E-state index contributed by atoms with van der Waals surface area (Å²) < 4.78 is 7.21. The molecule has 0 aliphatic rings. The van der Waals surface area contributed by atoms with E-state index in [1.165, 1.54) is 0 Å². The number of hydrogen-bond donors (Lipinski definition) is 1. The van der Waals surface area contributed by atoms with Gasteiger partial charge in [-0.15, -0.1) is 0 Å². The van der Waals surface area contributed by atoms with Crippen LogP contribution >= 0.6 is 0 Å². The fraction of sp³-hybridized carbons (Fsp3) is 0.267. The Morgan fingerprint density at radius 3 is 2.74 bits per heavy atom. The maximum absolute atomic E-state index is 11.5. The summed E-state index contributed by atoms with van der Waals surface area (Å²) in [6.07, 6.45) is 1.79. The molecule has 1 aromatic carbocycles. The number of pyridine rings is 1. The van der Waals surface area contributed by atoms with Crippen molar-refractivity contribution in [1.82, 2.24) is 4.57 Å². The molecule has 1 aromatic heterocycles. The summed E-state index contributed by atoms with van der Waals surface area (Å²) in [4.78, 5) is 11.5. The van der Waals surface area contributed by atoms with Crippen LogP contribution in [0.1, 0.15) is 6.92 Å². The Balaban J connectivity index is 1.96. The molecule has 0 atom stereocenters. The minimum absolute atomic E-state index is 0.0161. The highest BCUT2D eigenvalue weighted by atomic mass is 16.5. The second-order valence-electron chi connectivity index (χ2n) is 4.09. The number of rotatable bonds is 6. The van der Waals surface area contributed by atoms with Crippen molar-refractivity contribution < 1.29 is 4.74 Å². The molecule has 0 spiro atoms. The number of aromatic nitrogens is 1. The quantitative estimate of drug-likeness (QED) is 0.865. The molecule has 0 fully saturated rings. The van der Waals surface area contributed by atoms with Crippen molar-refractivity contribution in [3.8, 4) is 5.75 Å². The van der Waals surface area contributed by atoms with Crippen molar-refractivity contribution in [2.24, 2.45) is 0 Å². The molecule has 4 heteroatoms. The molecule has 0 aliphatic carbocycles. The Kier molecular flexibility index (Phi) is 4.61. The van der Waals surface area contributed by atoms with Gasteiger partial charge in [-0.05, 0) is 25.1 Å². The SMILES string of the molecule is CCOc1ccccc1NCCn1ccccc1=O. The minimum atomic E-state index is 0.0161. The molecular weight excluding hydrogens is 240 g/mol. The maximum atomic E-state index is 11.5. The zero-order valence-corrected chi connectivity index (χ0v) is 11.0. The first-order valence-corrected chi connectivity index (χ1v) is 6.42. The predicted molar refractivity (Wildman–Crippen MR) is 76.8 cm³/mol.